The van der Waals surface area contributed by atoms with Gasteiger partial charge in [-0.1, -0.05) is 0 Å². The Morgan fingerprint density at radius 3 is 2.58 bits per heavy atom. The van der Waals surface area contributed by atoms with Crippen LogP contribution >= 0.6 is 11.6 Å². The zero-order chi connectivity index (χ0) is 9.30. The number of rotatable bonds is 2. The summed E-state index contributed by atoms with van der Waals surface area (Å²) in [4.78, 5) is 20.3. The first-order valence-corrected chi connectivity index (χ1v) is 3.40. The van der Waals surface area contributed by atoms with Crippen molar-refractivity contribution in [3.05, 3.63) is 28.1 Å². The molecule has 0 saturated carbocycles. The fourth-order valence-electron chi connectivity index (χ4n) is 0.842. The average molecular weight is 191 g/mol. The molecular formula is C6H5ClN2O3. The molecule has 1 aromatic rings. The summed E-state index contributed by atoms with van der Waals surface area (Å²) in [7, 11) is 1.52. The van der Waals surface area contributed by atoms with E-state index in [1.807, 2.05) is 0 Å². The van der Waals surface area contributed by atoms with E-state index in [1.54, 1.807) is 0 Å². The fraction of sp³-hybridized carbons (Fsp3) is 0.167. The van der Waals surface area contributed by atoms with E-state index in [-0.39, 0.29) is 11.4 Å². The zero-order valence-electron chi connectivity index (χ0n) is 6.15. The molecule has 0 saturated heterocycles. The Morgan fingerprint density at radius 2 is 2.33 bits per heavy atom. The van der Waals surface area contributed by atoms with Gasteiger partial charge in [-0.2, -0.15) is 0 Å². The minimum absolute atomic E-state index is 0.114. The maximum atomic E-state index is 10.6. The third kappa shape index (κ3) is 1.45. The Bertz CT molecular complexity index is 345. The molecule has 0 amide bonds. The van der Waals surface area contributed by atoms with Crippen LogP contribution in [0.3, 0.4) is 0 Å². The summed E-state index contributed by atoms with van der Waals surface area (Å²) in [6.45, 7) is 0. The standard InChI is InChI=1S/C6H5ClN2O3/c1-8-3-4(9(11)12)2-5(8)6(7)10/h2-3H,1H3/i6+2. The number of halogens is 1. The average Bonchev–Trinajstić information content (AvgIpc) is 2.30. The predicted molar refractivity (Wildman–Crippen MR) is 42.3 cm³/mol. The van der Waals surface area contributed by atoms with Gasteiger partial charge in [0, 0.05) is 13.1 Å². The number of nitrogens with zero attached hydrogens (tertiary/aromatic N) is 2. The highest BCUT2D eigenvalue weighted by atomic mass is 35.5. The lowest BCUT2D eigenvalue weighted by Gasteiger charge is -1.91. The maximum Gasteiger partial charge on any atom is 0.287 e. The summed E-state index contributed by atoms with van der Waals surface area (Å²) in [6, 6.07) is 1.13. The second-order valence-electron chi connectivity index (χ2n) is 2.23. The molecule has 0 aliphatic carbocycles. The number of hydrogen-bond acceptors (Lipinski definition) is 3. The van der Waals surface area contributed by atoms with Gasteiger partial charge >= 0.3 is 0 Å². The van der Waals surface area contributed by atoms with Crippen molar-refractivity contribution in [1.82, 2.24) is 4.57 Å². The van der Waals surface area contributed by atoms with E-state index in [4.69, 9.17) is 11.6 Å². The van der Waals surface area contributed by atoms with Gasteiger partial charge in [0.05, 0.1) is 11.1 Å². The van der Waals surface area contributed by atoms with E-state index in [0.717, 1.165) is 6.07 Å². The molecule has 1 heterocycles. The van der Waals surface area contributed by atoms with E-state index >= 15 is 0 Å². The molecule has 0 bridgehead atoms. The van der Waals surface area contributed by atoms with Gasteiger partial charge in [-0.05, 0) is 11.6 Å². The summed E-state index contributed by atoms with van der Waals surface area (Å²) < 4.78 is 1.31. The Labute approximate surface area is 72.7 Å². The molecule has 0 atom stereocenters. The summed E-state index contributed by atoms with van der Waals surface area (Å²) in [6.07, 6.45) is 1.23. The third-order valence-electron chi connectivity index (χ3n) is 1.40. The Balaban J connectivity index is 3.17. The molecule has 0 aliphatic rings. The molecule has 0 aromatic carbocycles. The SMILES string of the molecule is Cn1cc([N+](=O)[O-])cc1[14C](=O)Cl. The van der Waals surface area contributed by atoms with Crippen LogP contribution in [-0.4, -0.2) is 14.7 Å². The Kier molecular flexibility index (Phi) is 2.14. The second kappa shape index (κ2) is 2.94. The van der Waals surface area contributed by atoms with Crippen LogP contribution in [0.2, 0.25) is 0 Å². The first kappa shape index (κ1) is 8.73. The Hall–Kier alpha value is -1.36. The lowest BCUT2D eigenvalue weighted by Crippen LogP contribution is -1.97. The normalized spacial score (nSPS) is 9.83. The summed E-state index contributed by atoms with van der Waals surface area (Å²) in [5, 5.41) is 9.52. The molecule has 64 valence electrons. The van der Waals surface area contributed by atoms with Crippen molar-refractivity contribution in [2.45, 2.75) is 0 Å². The highest BCUT2D eigenvalue weighted by Crippen LogP contribution is 2.16. The lowest BCUT2D eigenvalue weighted by atomic mass is 10.5. The third-order valence-corrected chi connectivity index (χ3v) is 1.60. The lowest BCUT2D eigenvalue weighted by molar-refractivity contribution is -0.384. The van der Waals surface area contributed by atoms with Gasteiger partial charge in [-0.15, -0.1) is 0 Å². The largest absolute Gasteiger partial charge is 0.341 e. The van der Waals surface area contributed by atoms with Crippen LogP contribution in [0.25, 0.3) is 0 Å². The summed E-state index contributed by atoms with van der Waals surface area (Å²) in [5.41, 5.74) is -0.0233. The number of hydrogen-bond donors (Lipinski definition) is 0. The van der Waals surface area contributed by atoms with Gasteiger partial charge in [0.25, 0.3) is 10.9 Å². The number of aryl methyl sites for hydroxylation is 1. The van der Waals surface area contributed by atoms with Crippen LogP contribution in [0.1, 0.15) is 10.5 Å². The monoisotopic (exact) mass is 190 g/mol. The molecule has 0 N–H and O–H groups in total. The molecule has 6 heteroatoms. The zero-order valence-corrected chi connectivity index (χ0v) is 6.91. The first-order valence-electron chi connectivity index (χ1n) is 3.03. The quantitative estimate of drug-likeness (QED) is 0.401. The van der Waals surface area contributed by atoms with Crippen LogP contribution < -0.4 is 0 Å². The highest BCUT2D eigenvalue weighted by Gasteiger charge is 2.15. The van der Waals surface area contributed by atoms with E-state index < -0.39 is 10.2 Å². The predicted octanol–water partition coefficient (Wildman–Crippen LogP) is 1.31. The second-order valence-corrected chi connectivity index (χ2v) is 2.57. The molecule has 1 aromatic heterocycles. The molecule has 0 unspecified atom stereocenters. The summed E-state index contributed by atoms with van der Waals surface area (Å²) >= 11 is 5.14. The molecule has 12 heavy (non-hydrogen) atoms. The van der Waals surface area contributed by atoms with E-state index in [2.05, 4.69) is 0 Å². The van der Waals surface area contributed by atoms with Gasteiger partial charge in [-0.3, -0.25) is 14.9 Å². The van der Waals surface area contributed by atoms with E-state index in [9.17, 15) is 14.9 Å². The van der Waals surface area contributed by atoms with Gasteiger partial charge in [-0.25, -0.2) is 0 Å². The van der Waals surface area contributed by atoms with Crippen molar-refractivity contribution < 1.29 is 9.72 Å². The highest BCUT2D eigenvalue weighted by molar-refractivity contribution is 6.67. The Morgan fingerprint density at radius 1 is 1.75 bits per heavy atom. The minimum atomic E-state index is -0.703. The van der Waals surface area contributed by atoms with E-state index in [1.165, 1.54) is 17.8 Å². The molecule has 0 spiro atoms. The maximum absolute atomic E-state index is 10.6. The molecular weight excluding hydrogens is 186 g/mol. The van der Waals surface area contributed by atoms with Crippen molar-refractivity contribution in [1.29, 1.82) is 0 Å². The van der Waals surface area contributed by atoms with Crippen LogP contribution in [0.5, 0.6) is 0 Å². The fourth-order valence-corrected chi connectivity index (χ4v) is 1.03. The minimum Gasteiger partial charge on any atom is -0.341 e. The van der Waals surface area contributed by atoms with Crippen LogP contribution in [0, 0.1) is 10.1 Å². The molecule has 1 rings (SSSR count). The summed E-state index contributed by atoms with van der Waals surface area (Å²) in [5.74, 6) is 0. The van der Waals surface area contributed by atoms with Crippen molar-refractivity contribution >= 4 is 22.5 Å². The van der Waals surface area contributed by atoms with Crippen molar-refractivity contribution in [2.75, 3.05) is 0 Å². The van der Waals surface area contributed by atoms with Gasteiger partial charge in [0.2, 0.25) is 0 Å². The molecule has 0 aliphatic heterocycles. The van der Waals surface area contributed by atoms with Crippen molar-refractivity contribution in [3.8, 4) is 0 Å². The van der Waals surface area contributed by atoms with Crippen LogP contribution in [0.15, 0.2) is 12.3 Å². The number of carbonyl (C=O) groups excluding carboxylic acids is 1. The van der Waals surface area contributed by atoms with Gasteiger partial charge in [0.1, 0.15) is 5.69 Å². The number of carbonyl (C=O) groups is 1. The van der Waals surface area contributed by atoms with Crippen molar-refractivity contribution in [2.24, 2.45) is 7.05 Å². The van der Waals surface area contributed by atoms with E-state index in [0.29, 0.717) is 0 Å². The smallest absolute Gasteiger partial charge is 0.287 e. The number of nitro groups is 1. The number of aromatic nitrogens is 1. The first-order chi connectivity index (χ1) is 5.52. The topological polar surface area (TPSA) is 65.1 Å². The van der Waals surface area contributed by atoms with Crippen LogP contribution in [0.4, 0.5) is 5.69 Å². The molecule has 0 fully saturated rings. The van der Waals surface area contributed by atoms with Gasteiger partial charge < -0.3 is 4.57 Å². The molecule has 0 radical (unpaired) electrons. The van der Waals surface area contributed by atoms with Gasteiger partial charge in [0.15, 0.2) is 0 Å². The van der Waals surface area contributed by atoms with Crippen molar-refractivity contribution in [3.63, 3.8) is 0 Å². The molecule has 5 nitrogen and oxygen atoms in total. The van der Waals surface area contributed by atoms with Crippen LogP contribution in [-0.2, 0) is 7.05 Å².